The molecule has 0 radical (unpaired) electrons. The molecule has 0 aliphatic rings. The Morgan fingerprint density at radius 1 is 0.897 bits per heavy atom. The molecule has 148 valence electrons. The summed E-state index contributed by atoms with van der Waals surface area (Å²) in [5.74, 6) is -1.91. The molecule has 0 unspecified atom stereocenters. The SMILES string of the molecule is O=C(NCc1cccc(OCc2ccccc2)c1)C(=O)Nc1cc(Cl)ccc1F. The van der Waals surface area contributed by atoms with Gasteiger partial charge in [-0.1, -0.05) is 54.1 Å². The molecule has 5 nitrogen and oxygen atoms in total. The lowest BCUT2D eigenvalue weighted by molar-refractivity contribution is -0.136. The van der Waals surface area contributed by atoms with Crippen molar-refractivity contribution in [2.45, 2.75) is 13.2 Å². The predicted octanol–water partition coefficient (Wildman–Crippen LogP) is 4.31. The molecule has 0 aliphatic carbocycles. The summed E-state index contributed by atoms with van der Waals surface area (Å²) in [5.41, 5.74) is 1.63. The number of nitrogens with one attached hydrogen (secondary N) is 2. The molecule has 3 aromatic carbocycles. The molecule has 29 heavy (non-hydrogen) atoms. The van der Waals surface area contributed by atoms with Crippen molar-refractivity contribution in [3.8, 4) is 5.75 Å². The topological polar surface area (TPSA) is 67.4 Å². The van der Waals surface area contributed by atoms with E-state index < -0.39 is 17.6 Å². The Hall–Kier alpha value is -3.38. The zero-order chi connectivity index (χ0) is 20.6. The molecule has 2 amide bonds. The smallest absolute Gasteiger partial charge is 0.313 e. The van der Waals surface area contributed by atoms with Crippen molar-refractivity contribution in [3.05, 3.63) is 94.8 Å². The van der Waals surface area contributed by atoms with Gasteiger partial charge in [0.2, 0.25) is 0 Å². The Kier molecular flexibility index (Phi) is 6.81. The summed E-state index contributed by atoms with van der Waals surface area (Å²) >= 11 is 5.77. The van der Waals surface area contributed by atoms with Crippen LogP contribution in [0.4, 0.5) is 10.1 Å². The number of ether oxygens (including phenoxy) is 1. The van der Waals surface area contributed by atoms with E-state index in [1.807, 2.05) is 36.4 Å². The number of benzene rings is 3. The van der Waals surface area contributed by atoms with E-state index in [1.54, 1.807) is 18.2 Å². The lowest BCUT2D eigenvalue weighted by Crippen LogP contribution is -2.35. The summed E-state index contributed by atoms with van der Waals surface area (Å²) in [6, 6.07) is 20.6. The highest BCUT2D eigenvalue weighted by Crippen LogP contribution is 2.19. The average molecular weight is 413 g/mol. The van der Waals surface area contributed by atoms with Gasteiger partial charge in [-0.2, -0.15) is 0 Å². The van der Waals surface area contributed by atoms with E-state index in [1.165, 1.54) is 12.1 Å². The van der Waals surface area contributed by atoms with Crippen LogP contribution in [0.3, 0.4) is 0 Å². The van der Waals surface area contributed by atoms with Crippen LogP contribution in [0.25, 0.3) is 0 Å². The predicted molar refractivity (Wildman–Crippen MR) is 109 cm³/mol. The van der Waals surface area contributed by atoms with Crippen molar-refractivity contribution >= 4 is 29.1 Å². The van der Waals surface area contributed by atoms with E-state index >= 15 is 0 Å². The summed E-state index contributed by atoms with van der Waals surface area (Å²) in [5, 5.41) is 4.94. The maximum atomic E-state index is 13.7. The maximum Gasteiger partial charge on any atom is 0.313 e. The Balaban J connectivity index is 1.53. The van der Waals surface area contributed by atoms with Gasteiger partial charge in [0.05, 0.1) is 5.69 Å². The Bertz CT molecular complexity index is 1010. The monoisotopic (exact) mass is 412 g/mol. The van der Waals surface area contributed by atoms with Crippen molar-refractivity contribution in [2.75, 3.05) is 5.32 Å². The minimum atomic E-state index is -0.984. The molecule has 0 saturated heterocycles. The van der Waals surface area contributed by atoms with Gasteiger partial charge in [-0.15, -0.1) is 0 Å². The highest BCUT2D eigenvalue weighted by Gasteiger charge is 2.15. The first kappa shape index (κ1) is 20.4. The highest BCUT2D eigenvalue weighted by atomic mass is 35.5. The van der Waals surface area contributed by atoms with Gasteiger partial charge in [-0.25, -0.2) is 4.39 Å². The third-order valence-electron chi connectivity index (χ3n) is 3.98. The zero-order valence-corrected chi connectivity index (χ0v) is 16.1. The van der Waals surface area contributed by atoms with Gasteiger partial charge in [-0.05, 0) is 41.5 Å². The van der Waals surface area contributed by atoms with Gasteiger partial charge in [0.25, 0.3) is 0 Å². The molecule has 2 N–H and O–H groups in total. The number of carbonyl (C=O) groups is 2. The number of anilines is 1. The van der Waals surface area contributed by atoms with Crippen LogP contribution in [-0.2, 0) is 22.7 Å². The minimum absolute atomic E-state index is 0.118. The highest BCUT2D eigenvalue weighted by molar-refractivity contribution is 6.39. The van der Waals surface area contributed by atoms with Crippen LogP contribution in [0.5, 0.6) is 5.75 Å². The van der Waals surface area contributed by atoms with Gasteiger partial charge in [0.1, 0.15) is 18.2 Å². The Labute approximate surface area is 172 Å². The van der Waals surface area contributed by atoms with Gasteiger partial charge >= 0.3 is 11.8 Å². The quantitative estimate of drug-likeness (QED) is 0.593. The fraction of sp³-hybridized carbons (Fsp3) is 0.0909. The second kappa shape index (κ2) is 9.71. The minimum Gasteiger partial charge on any atom is -0.489 e. The molecule has 0 aromatic heterocycles. The number of halogens is 2. The molecule has 0 saturated carbocycles. The summed E-state index contributed by atoms with van der Waals surface area (Å²) in [7, 11) is 0. The Morgan fingerprint density at radius 2 is 1.66 bits per heavy atom. The van der Waals surface area contributed by atoms with E-state index in [9.17, 15) is 14.0 Å². The molecular formula is C22H18ClFN2O3. The van der Waals surface area contributed by atoms with E-state index in [0.717, 1.165) is 17.2 Å². The second-order valence-electron chi connectivity index (χ2n) is 6.18. The molecule has 0 atom stereocenters. The normalized spacial score (nSPS) is 10.3. The van der Waals surface area contributed by atoms with Crippen LogP contribution in [0.1, 0.15) is 11.1 Å². The van der Waals surface area contributed by atoms with Crippen LogP contribution in [0, 0.1) is 5.82 Å². The number of carbonyl (C=O) groups excluding carboxylic acids is 2. The first-order chi connectivity index (χ1) is 14.0. The number of rotatable bonds is 6. The molecular weight excluding hydrogens is 395 g/mol. The lowest BCUT2D eigenvalue weighted by atomic mass is 10.2. The molecule has 0 bridgehead atoms. The number of hydrogen-bond donors (Lipinski definition) is 2. The fourth-order valence-corrected chi connectivity index (χ4v) is 2.69. The maximum absolute atomic E-state index is 13.7. The second-order valence-corrected chi connectivity index (χ2v) is 6.62. The van der Waals surface area contributed by atoms with Crippen molar-refractivity contribution in [1.82, 2.24) is 5.32 Å². The molecule has 0 fully saturated rings. The molecule has 3 rings (SSSR count). The summed E-state index contributed by atoms with van der Waals surface area (Å²) in [6.07, 6.45) is 0. The van der Waals surface area contributed by atoms with Gasteiger partial charge in [0.15, 0.2) is 0 Å². The zero-order valence-electron chi connectivity index (χ0n) is 15.3. The third-order valence-corrected chi connectivity index (χ3v) is 4.22. The van der Waals surface area contributed by atoms with Crippen LogP contribution in [0.2, 0.25) is 5.02 Å². The van der Waals surface area contributed by atoms with E-state index in [-0.39, 0.29) is 17.3 Å². The molecule has 0 heterocycles. The average Bonchev–Trinajstić information content (AvgIpc) is 2.74. The standard InChI is InChI=1S/C22H18ClFN2O3/c23-17-9-10-19(24)20(12-17)26-22(28)21(27)25-13-16-7-4-8-18(11-16)29-14-15-5-2-1-3-6-15/h1-12H,13-14H2,(H,25,27)(H,26,28). The molecule has 0 spiro atoms. The summed E-state index contributed by atoms with van der Waals surface area (Å²) < 4.78 is 19.4. The van der Waals surface area contributed by atoms with Crippen LogP contribution in [-0.4, -0.2) is 11.8 Å². The lowest BCUT2D eigenvalue weighted by Gasteiger charge is -2.10. The third kappa shape index (κ3) is 6.05. The summed E-state index contributed by atoms with van der Waals surface area (Å²) in [6.45, 7) is 0.539. The van der Waals surface area contributed by atoms with Crippen molar-refractivity contribution in [2.24, 2.45) is 0 Å². The van der Waals surface area contributed by atoms with Crippen LogP contribution < -0.4 is 15.4 Å². The van der Waals surface area contributed by atoms with Gasteiger partial charge in [-0.3, -0.25) is 9.59 Å². The van der Waals surface area contributed by atoms with E-state index in [4.69, 9.17) is 16.3 Å². The summed E-state index contributed by atoms with van der Waals surface area (Å²) in [4.78, 5) is 24.0. The Morgan fingerprint density at radius 3 is 2.45 bits per heavy atom. The largest absolute Gasteiger partial charge is 0.489 e. The molecule has 0 aliphatic heterocycles. The first-order valence-corrected chi connectivity index (χ1v) is 9.19. The van der Waals surface area contributed by atoms with E-state index in [0.29, 0.717) is 12.4 Å². The fourth-order valence-electron chi connectivity index (χ4n) is 2.52. The van der Waals surface area contributed by atoms with Crippen LogP contribution in [0.15, 0.2) is 72.8 Å². The van der Waals surface area contributed by atoms with E-state index in [2.05, 4.69) is 10.6 Å². The van der Waals surface area contributed by atoms with Crippen molar-refractivity contribution in [1.29, 1.82) is 0 Å². The van der Waals surface area contributed by atoms with Crippen molar-refractivity contribution < 1.29 is 18.7 Å². The van der Waals surface area contributed by atoms with Gasteiger partial charge < -0.3 is 15.4 Å². The number of amides is 2. The van der Waals surface area contributed by atoms with Crippen LogP contribution >= 0.6 is 11.6 Å². The van der Waals surface area contributed by atoms with Crippen molar-refractivity contribution in [3.63, 3.8) is 0 Å². The molecule has 7 heteroatoms. The number of hydrogen-bond acceptors (Lipinski definition) is 3. The van der Waals surface area contributed by atoms with Gasteiger partial charge in [0, 0.05) is 11.6 Å². The molecule has 3 aromatic rings. The first-order valence-electron chi connectivity index (χ1n) is 8.81.